The molecular formula is C15H31N3O3. The highest BCUT2D eigenvalue weighted by atomic mass is 16.5. The van der Waals surface area contributed by atoms with E-state index in [0.29, 0.717) is 26.3 Å². The highest BCUT2D eigenvalue weighted by Crippen LogP contribution is 2.20. The van der Waals surface area contributed by atoms with Gasteiger partial charge in [-0.2, -0.15) is 0 Å². The Morgan fingerprint density at radius 1 is 1.29 bits per heavy atom. The number of hydrogen-bond donors (Lipinski definition) is 2. The Morgan fingerprint density at radius 2 is 1.90 bits per heavy atom. The molecule has 0 aromatic rings. The van der Waals surface area contributed by atoms with Crippen LogP contribution >= 0.6 is 0 Å². The zero-order chi connectivity index (χ0) is 15.9. The van der Waals surface area contributed by atoms with E-state index in [4.69, 9.17) is 9.47 Å². The number of urea groups is 1. The summed E-state index contributed by atoms with van der Waals surface area (Å²) in [6, 6.07) is -0.142. The first-order chi connectivity index (χ1) is 9.85. The van der Waals surface area contributed by atoms with Crippen LogP contribution in [0.2, 0.25) is 0 Å². The topological polar surface area (TPSA) is 62.8 Å². The lowest BCUT2D eigenvalue weighted by atomic mass is 10.0. The average molecular weight is 301 g/mol. The van der Waals surface area contributed by atoms with Crippen LogP contribution in [0.15, 0.2) is 0 Å². The van der Waals surface area contributed by atoms with E-state index in [1.54, 1.807) is 0 Å². The third kappa shape index (κ3) is 6.63. The highest BCUT2D eigenvalue weighted by molar-refractivity contribution is 5.73. The van der Waals surface area contributed by atoms with Gasteiger partial charge in [0.05, 0.1) is 18.8 Å². The molecule has 2 unspecified atom stereocenters. The molecule has 1 rings (SSSR count). The van der Waals surface area contributed by atoms with Crippen LogP contribution in [0.25, 0.3) is 0 Å². The average Bonchev–Trinajstić information content (AvgIpc) is 2.40. The van der Waals surface area contributed by atoms with Crippen LogP contribution in [0.3, 0.4) is 0 Å². The molecule has 1 aliphatic rings. The molecule has 0 aromatic carbocycles. The number of rotatable bonds is 7. The van der Waals surface area contributed by atoms with Crippen molar-refractivity contribution in [3.63, 3.8) is 0 Å². The number of amides is 2. The van der Waals surface area contributed by atoms with E-state index >= 15 is 0 Å². The van der Waals surface area contributed by atoms with E-state index < -0.39 is 0 Å². The Balaban J connectivity index is 2.32. The molecule has 1 aliphatic heterocycles. The fourth-order valence-electron chi connectivity index (χ4n) is 2.52. The smallest absolute Gasteiger partial charge is 0.314 e. The van der Waals surface area contributed by atoms with Gasteiger partial charge in [-0.15, -0.1) is 0 Å². The van der Waals surface area contributed by atoms with E-state index in [-0.39, 0.29) is 23.8 Å². The molecule has 0 radical (unpaired) electrons. The number of hydrogen-bond acceptors (Lipinski definition) is 4. The number of morpholine rings is 1. The van der Waals surface area contributed by atoms with Crippen LogP contribution in [0.4, 0.5) is 4.79 Å². The van der Waals surface area contributed by atoms with E-state index in [1.165, 1.54) is 0 Å². The normalized spacial score (nSPS) is 23.9. The fraction of sp³-hybridized carbons (Fsp3) is 0.933. The second-order valence-corrected chi connectivity index (χ2v) is 6.28. The molecule has 124 valence electrons. The summed E-state index contributed by atoms with van der Waals surface area (Å²) in [4.78, 5) is 14.1. The minimum atomic E-state index is -0.142. The standard InChI is InChI=1S/C15H31N3O3/c1-6-20-8-7-16-14(19)17-11-15(4,5)18-9-12(2)21-13(3)10-18/h12-13H,6-11H2,1-5H3,(H2,16,17,19). The molecule has 1 saturated heterocycles. The predicted octanol–water partition coefficient (Wildman–Crippen LogP) is 1.21. The Bertz CT molecular complexity index is 313. The number of ether oxygens (including phenoxy) is 2. The zero-order valence-corrected chi connectivity index (χ0v) is 14.1. The number of carbonyl (C=O) groups excluding carboxylic acids is 1. The van der Waals surface area contributed by atoms with Crippen molar-refractivity contribution in [2.24, 2.45) is 0 Å². The Hall–Kier alpha value is -0.850. The molecule has 2 N–H and O–H groups in total. The number of nitrogens with one attached hydrogen (secondary N) is 2. The summed E-state index contributed by atoms with van der Waals surface area (Å²) >= 11 is 0. The van der Waals surface area contributed by atoms with Crippen molar-refractivity contribution in [2.45, 2.75) is 52.4 Å². The molecule has 0 bridgehead atoms. The van der Waals surface area contributed by atoms with Crippen molar-refractivity contribution in [1.82, 2.24) is 15.5 Å². The predicted molar refractivity (Wildman–Crippen MR) is 83.6 cm³/mol. The zero-order valence-electron chi connectivity index (χ0n) is 14.1. The summed E-state index contributed by atoms with van der Waals surface area (Å²) in [5, 5.41) is 5.73. The largest absolute Gasteiger partial charge is 0.380 e. The molecule has 6 nitrogen and oxygen atoms in total. The highest BCUT2D eigenvalue weighted by Gasteiger charge is 2.33. The Kier molecular flexibility index (Phi) is 7.42. The molecule has 1 heterocycles. The van der Waals surface area contributed by atoms with E-state index in [0.717, 1.165) is 13.1 Å². The van der Waals surface area contributed by atoms with Crippen LogP contribution in [0.1, 0.15) is 34.6 Å². The van der Waals surface area contributed by atoms with Crippen molar-refractivity contribution in [3.8, 4) is 0 Å². The second-order valence-electron chi connectivity index (χ2n) is 6.28. The first-order valence-corrected chi connectivity index (χ1v) is 7.85. The third-order valence-electron chi connectivity index (χ3n) is 3.69. The van der Waals surface area contributed by atoms with Crippen molar-refractivity contribution >= 4 is 6.03 Å². The van der Waals surface area contributed by atoms with Gasteiger partial charge >= 0.3 is 6.03 Å². The summed E-state index contributed by atoms with van der Waals surface area (Å²) in [5.74, 6) is 0. The molecule has 0 spiro atoms. The van der Waals surface area contributed by atoms with Crippen molar-refractivity contribution in [2.75, 3.05) is 39.4 Å². The molecule has 2 atom stereocenters. The summed E-state index contributed by atoms with van der Waals surface area (Å²) in [6.45, 7) is 14.6. The molecule has 1 fully saturated rings. The number of nitrogens with zero attached hydrogens (tertiary/aromatic N) is 1. The second kappa shape index (κ2) is 8.56. The van der Waals surface area contributed by atoms with Gasteiger partial charge in [0.15, 0.2) is 0 Å². The van der Waals surface area contributed by atoms with Crippen molar-refractivity contribution in [3.05, 3.63) is 0 Å². The van der Waals surface area contributed by atoms with Crippen LogP contribution in [0.5, 0.6) is 0 Å². The first-order valence-electron chi connectivity index (χ1n) is 7.85. The maximum Gasteiger partial charge on any atom is 0.314 e. The van der Waals surface area contributed by atoms with Gasteiger partial charge in [-0.25, -0.2) is 4.79 Å². The van der Waals surface area contributed by atoms with E-state index in [1.807, 2.05) is 6.92 Å². The summed E-state index contributed by atoms with van der Waals surface area (Å²) in [5.41, 5.74) is -0.0937. The van der Waals surface area contributed by atoms with Gasteiger partial charge in [-0.3, -0.25) is 4.90 Å². The fourth-order valence-corrected chi connectivity index (χ4v) is 2.52. The van der Waals surface area contributed by atoms with Crippen molar-refractivity contribution in [1.29, 1.82) is 0 Å². The molecule has 0 saturated carbocycles. The maximum atomic E-state index is 11.7. The van der Waals surface area contributed by atoms with Crippen LogP contribution < -0.4 is 10.6 Å². The van der Waals surface area contributed by atoms with E-state index in [9.17, 15) is 4.79 Å². The summed E-state index contributed by atoms with van der Waals surface area (Å²) in [7, 11) is 0. The van der Waals surface area contributed by atoms with Gasteiger partial charge in [0.25, 0.3) is 0 Å². The molecular weight excluding hydrogens is 270 g/mol. The van der Waals surface area contributed by atoms with Gasteiger partial charge in [0.2, 0.25) is 0 Å². The van der Waals surface area contributed by atoms with Gasteiger partial charge in [-0.05, 0) is 34.6 Å². The monoisotopic (exact) mass is 301 g/mol. The number of carbonyl (C=O) groups is 1. The Labute approximate surface area is 128 Å². The summed E-state index contributed by atoms with van der Waals surface area (Å²) in [6.07, 6.45) is 0.459. The van der Waals surface area contributed by atoms with E-state index in [2.05, 4.69) is 43.2 Å². The minimum absolute atomic E-state index is 0.0937. The molecule has 6 heteroatoms. The lowest BCUT2D eigenvalue weighted by molar-refractivity contribution is -0.0947. The molecule has 2 amide bonds. The lowest BCUT2D eigenvalue weighted by Crippen LogP contribution is -2.59. The minimum Gasteiger partial charge on any atom is -0.380 e. The maximum absolute atomic E-state index is 11.7. The summed E-state index contributed by atoms with van der Waals surface area (Å²) < 4.78 is 10.9. The van der Waals surface area contributed by atoms with Gasteiger partial charge < -0.3 is 20.1 Å². The molecule has 0 aromatic heterocycles. The van der Waals surface area contributed by atoms with Crippen LogP contribution in [-0.4, -0.2) is 68.1 Å². The molecule has 0 aliphatic carbocycles. The SMILES string of the molecule is CCOCCNC(=O)NCC(C)(C)N1CC(C)OC(C)C1. The van der Waals surface area contributed by atoms with Gasteiger partial charge in [0.1, 0.15) is 0 Å². The molecule has 21 heavy (non-hydrogen) atoms. The van der Waals surface area contributed by atoms with Gasteiger partial charge in [0, 0.05) is 38.3 Å². The first kappa shape index (κ1) is 18.2. The Morgan fingerprint density at radius 3 is 2.48 bits per heavy atom. The third-order valence-corrected chi connectivity index (χ3v) is 3.69. The van der Waals surface area contributed by atoms with Gasteiger partial charge in [-0.1, -0.05) is 0 Å². The van der Waals surface area contributed by atoms with Crippen LogP contribution in [-0.2, 0) is 9.47 Å². The lowest BCUT2D eigenvalue weighted by Gasteiger charge is -2.45. The van der Waals surface area contributed by atoms with Crippen molar-refractivity contribution < 1.29 is 14.3 Å². The quantitative estimate of drug-likeness (QED) is 0.694. The van der Waals surface area contributed by atoms with Crippen LogP contribution in [0, 0.1) is 0 Å².